The number of hydrogen-bond donors (Lipinski definition) is 0. The molecule has 2 saturated heterocycles. The second-order valence-corrected chi connectivity index (χ2v) is 11.9. The first-order chi connectivity index (χ1) is 12.5. The van der Waals surface area contributed by atoms with Gasteiger partial charge in [-0.2, -0.15) is 0 Å². The van der Waals surface area contributed by atoms with Crippen molar-refractivity contribution in [2.24, 2.45) is 10.8 Å². The van der Waals surface area contributed by atoms with Gasteiger partial charge in [0.1, 0.15) is 0 Å². The van der Waals surface area contributed by atoms with E-state index in [0.29, 0.717) is 13.0 Å². The van der Waals surface area contributed by atoms with Gasteiger partial charge >= 0.3 is 11.8 Å². The molecule has 8 heteroatoms. The maximum atomic E-state index is 13.1. The van der Waals surface area contributed by atoms with Crippen LogP contribution in [0, 0.1) is 10.8 Å². The molecule has 0 radical (unpaired) electrons. The first kappa shape index (κ1) is 20.6. The third-order valence-electron chi connectivity index (χ3n) is 6.30. The maximum absolute atomic E-state index is 13.1. The predicted molar refractivity (Wildman–Crippen MR) is 102 cm³/mol. The molecule has 2 heterocycles. The van der Waals surface area contributed by atoms with Gasteiger partial charge in [-0.1, -0.05) is 20.8 Å². The van der Waals surface area contributed by atoms with Gasteiger partial charge < -0.3 is 14.5 Å². The number of nitrogens with zero attached hydrogens (tertiary/aromatic N) is 2. The minimum Gasteiger partial charge on any atom is -0.383 e. The zero-order valence-corrected chi connectivity index (χ0v) is 17.7. The molecule has 2 amide bonds. The van der Waals surface area contributed by atoms with Crippen LogP contribution in [0.1, 0.15) is 46.5 Å². The highest BCUT2D eigenvalue weighted by atomic mass is 32.2. The van der Waals surface area contributed by atoms with Crippen molar-refractivity contribution in [3.63, 3.8) is 0 Å². The summed E-state index contributed by atoms with van der Waals surface area (Å²) in [5.74, 6) is -1.06. The predicted octanol–water partition coefficient (Wildman–Crippen LogP) is 1.08. The fourth-order valence-corrected chi connectivity index (χ4v) is 7.33. The molecule has 27 heavy (non-hydrogen) atoms. The molecule has 1 aliphatic carbocycles. The number of methoxy groups -OCH3 is 1. The lowest BCUT2D eigenvalue weighted by Gasteiger charge is -2.39. The lowest BCUT2D eigenvalue weighted by atomic mass is 9.65. The fraction of sp³-hybridized carbons (Fsp3) is 0.895. The molecule has 3 unspecified atom stereocenters. The minimum atomic E-state index is -3.14. The Bertz CT molecular complexity index is 720. The van der Waals surface area contributed by atoms with Gasteiger partial charge in [-0.05, 0) is 36.5 Å². The van der Waals surface area contributed by atoms with E-state index in [0.717, 1.165) is 19.3 Å². The summed E-state index contributed by atoms with van der Waals surface area (Å²) in [5, 5.41) is 0. The molecule has 2 aliphatic heterocycles. The first-order valence-electron chi connectivity index (χ1n) is 9.76. The van der Waals surface area contributed by atoms with Crippen LogP contribution >= 0.6 is 0 Å². The molecule has 0 aromatic carbocycles. The number of likely N-dealkylation sites (tertiary alicyclic amines) is 1. The lowest BCUT2D eigenvalue weighted by Crippen LogP contribution is -2.52. The van der Waals surface area contributed by atoms with Gasteiger partial charge in [0.2, 0.25) is 0 Å². The third-order valence-corrected chi connectivity index (χ3v) is 8.06. The van der Waals surface area contributed by atoms with Crippen LogP contribution in [0.25, 0.3) is 0 Å². The largest absolute Gasteiger partial charge is 0.383 e. The van der Waals surface area contributed by atoms with Crippen molar-refractivity contribution in [3.8, 4) is 0 Å². The van der Waals surface area contributed by atoms with Crippen LogP contribution in [0.3, 0.4) is 0 Å². The van der Waals surface area contributed by atoms with Gasteiger partial charge in [-0.25, -0.2) is 8.42 Å². The van der Waals surface area contributed by atoms with E-state index in [2.05, 4.69) is 20.8 Å². The summed E-state index contributed by atoms with van der Waals surface area (Å²) in [6, 6.07) is -0.345. The van der Waals surface area contributed by atoms with Gasteiger partial charge in [0, 0.05) is 32.3 Å². The van der Waals surface area contributed by atoms with Crippen molar-refractivity contribution in [3.05, 3.63) is 0 Å². The fourth-order valence-electron chi connectivity index (χ4n) is 5.60. The molecular formula is C19H32N2O5S. The average molecular weight is 401 g/mol. The van der Waals surface area contributed by atoms with Crippen LogP contribution in [-0.4, -0.2) is 80.4 Å². The van der Waals surface area contributed by atoms with Crippen LogP contribution in [-0.2, 0) is 24.2 Å². The van der Waals surface area contributed by atoms with E-state index < -0.39 is 27.7 Å². The van der Waals surface area contributed by atoms with E-state index in [1.54, 1.807) is 4.90 Å². The van der Waals surface area contributed by atoms with Crippen molar-refractivity contribution in [1.29, 1.82) is 0 Å². The Hall–Kier alpha value is -1.15. The molecule has 3 rings (SSSR count). The number of sulfone groups is 1. The molecule has 1 saturated carbocycles. The molecule has 0 aromatic heterocycles. The third kappa shape index (κ3) is 4.31. The molecule has 7 nitrogen and oxygen atoms in total. The summed E-state index contributed by atoms with van der Waals surface area (Å²) < 4.78 is 28.8. The van der Waals surface area contributed by atoms with E-state index in [1.165, 1.54) is 12.0 Å². The Morgan fingerprint density at radius 1 is 1.22 bits per heavy atom. The number of carbonyl (C=O) groups is 2. The number of carbonyl (C=O) groups excluding carboxylic acids is 2. The van der Waals surface area contributed by atoms with Gasteiger partial charge in [0.25, 0.3) is 0 Å². The molecule has 154 valence electrons. The molecule has 3 atom stereocenters. The van der Waals surface area contributed by atoms with Gasteiger partial charge in [-0.3, -0.25) is 9.59 Å². The number of rotatable bonds is 4. The van der Waals surface area contributed by atoms with Crippen LogP contribution in [0.4, 0.5) is 0 Å². The van der Waals surface area contributed by atoms with Crippen molar-refractivity contribution in [2.75, 3.05) is 38.3 Å². The summed E-state index contributed by atoms with van der Waals surface area (Å²) in [4.78, 5) is 29.4. The van der Waals surface area contributed by atoms with Gasteiger partial charge in [0.15, 0.2) is 9.84 Å². The number of fused-ring (bicyclic) bond motifs is 2. The Balaban J connectivity index is 1.77. The van der Waals surface area contributed by atoms with Gasteiger partial charge in [0.05, 0.1) is 18.1 Å². The van der Waals surface area contributed by atoms with E-state index in [4.69, 9.17) is 4.74 Å². The second-order valence-electron chi connectivity index (χ2n) is 9.69. The molecule has 3 aliphatic rings. The van der Waals surface area contributed by atoms with Crippen LogP contribution in [0.15, 0.2) is 0 Å². The first-order valence-corrected chi connectivity index (χ1v) is 11.6. The number of ether oxygens (including phenoxy) is 1. The summed E-state index contributed by atoms with van der Waals surface area (Å²) >= 11 is 0. The average Bonchev–Trinajstić information content (AvgIpc) is 3.01. The van der Waals surface area contributed by atoms with Crippen LogP contribution < -0.4 is 0 Å². The Kier molecular flexibility index (Phi) is 5.36. The molecule has 0 N–H and O–H groups in total. The second kappa shape index (κ2) is 7.03. The van der Waals surface area contributed by atoms with E-state index in [1.807, 2.05) is 0 Å². The van der Waals surface area contributed by atoms with Crippen molar-refractivity contribution in [2.45, 2.75) is 58.5 Å². The molecule has 0 aromatic rings. The molecular weight excluding hydrogens is 368 g/mol. The highest BCUT2D eigenvalue weighted by Gasteiger charge is 2.52. The highest BCUT2D eigenvalue weighted by Crippen LogP contribution is 2.52. The number of hydrogen-bond acceptors (Lipinski definition) is 5. The Labute approximate surface area is 162 Å². The Morgan fingerprint density at radius 2 is 1.93 bits per heavy atom. The maximum Gasteiger partial charge on any atom is 0.312 e. The highest BCUT2D eigenvalue weighted by molar-refractivity contribution is 7.91. The quantitative estimate of drug-likeness (QED) is 0.659. The van der Waals surface area contributed by atoms with E-state index in [9.17, 15) is 18.0 Å². The molecule has 3 fully saturated rings. The summed E-state index contributed by atoms with van der Waals surface area (Å²) in [6.45, 7) is 7.77. The van der Waals surface area contributed by atoms with Crippen LogP contribution in [0.5, 0.6) is 0 Å². The zero-order chi connectivity index (χ0) is 20.0. The van der Waals surface area contributed by atoms with Crippen molar-refractivity contribution >= 4 is 21.7 Å². The smallest absolute Gasteiger partial charge is 0.312 e. The summed E-state index contributed by atoms with van der Waals surface area (Å²) in [7, 11) is -1.61. The standard InChI is InChI=1S/C19H32N2O5S/c1-18(2)9-15-10-19(3,12-18)13-21(15)17(23)16(22)20(6-7-26-4)14-5-8-27(24,25)11-14/h14-15H,5-13H2,1-4H3. The number of amides is 2. The normalized spacial score (nSPS) is 33.9. The zero-order valence-electron chi connectivity index (χ0n) is 16.9. The monoisotopic (exact) mass is 400 g/mol. The summed E-state index contributed by atoms with van der Waals surface area (Å²) in [6.07, 6.45) is 3.27. The molecule has 2 bridgehead atoms. The van der Waals surface area contributed by atoms with Gasteiger partial charge in [-0.15, -0.1) is 0 Å². The van der Waals surface area contributed by atoms with Crippen molar-refractivity contribution in [1.82, 2.24) is 9.80 Å². The summed E-state index contributed by atoms with van der Waals surface area (Å²) in [5.41, 5.74) is 0.210. The van der Waals surface area contributed by atoms with Crippen molar-refractivity contribution < 1.29 is 22.7 Å². The lowest BCUT2D eigenvalue weighted by molar-refractivity contribution is -0.154. The Morgan fingerprint density at radius 3 is 2.52 bits per heavy atom. The van der Waals surface area contributed by atoms with E-state index in [-0.39, 0.29) is 41.5 Å². The topological polar surface area (TPSA) is 84.0 Å². The SMILES string of the molecule is COCCN(C(=O)C(=O)N1CC2(C)CC1CC(C)(C)C2)C1CCS(=O)(=O)C1. The van der Waals surface area contributed by atoms with E-state index >= 15 is 0 Å². The minimum absolute atomic E-state index is 0.0520. The molecule has 0 spiro atoms. The van der Waals surface area contributed by atoms with Crippen LogP contribution in [0.2, 0.25) is 0 Å².